The third-order valence-electron chi connectivity index (χ3n) is 6.03. The van der Waals surface area contributed by atoms with Crippen LogP contribution in [0.1, 0.15) is 36.8 Å². The molecule has 1 saturated carbocycles. The molecule has 2 aromatic carbocycles. The normalized spacial score (nSPS) is 14.4. The summed E-state index contributed by atoms with van der Waals surface area (Å²) in [7, 11) is 0. The van der Waals surface area contributed by atoms with Crippen molar-refractivity contribution in [2.24, 2.45) is 0 Å². The van der Waals surface area contributed by atoms with Gasteiger partial charge in [-0.3, -0.25) is 4.79 Å². The summed E-state index contributed by atoms with van der Waals surface area (Å²) in [5, 5.41) is 13.4. The van der Waals surface area contributed by atoms with Gasteiger partial charge in [0.25, 0.3) is 5.91 Å². The number of carbonyl (C=O) groups is 1. The van der Waals surface area contributed by atoms with Crippen LogP contribution in [0.4, 0.5) is 0 Å². The number of para-hydroxylation sites is 1. The minimum Gasteiger partial charge on any atom is -0.484 e. The summed E-state index contributed by atoms with van der Waals surface area (Å²) >= 11 is 0. The summed E-state index contributed by atoms with van der Waals surface area (Å²) in [4.78, 5) is 15.2. The second-order valence-corrected chi connectivity index (χ2v) is 8.21. The minimum atomic E-state index is -0.00860. The molecule has 0 atom stereocenters. The van der Waals surface area contributed by atoms with E-state index in [0.29, 0.717) is 17.9 Å². The summed E-state index contributed by atoms with van der Waals surface area (Å²) in [5.41, 5.74) is 3.77. The summed E-state index contributed by atoms with van der Waals surface area (Å²) in [6.07, 6.45) is 4.33. The molecule has 1 fully saturated rings. The molecule has 31 heavy (non-hydrogen) atoms. The van der Waals surface area contributed by atoms with E-state index in [9.17, 15) is 4.79 Å². The number of rotatable bonds is 6. The van der Waals surface area contributed by atoms with Crippen LogP contribution in [0.3, 0.4) is 0 Å². The maximum atomic E-state index is 13.2. The molecule has 2 aromatic heterocycles. The molecule has 0 N–H and O–H groups in total. The maximum absolute atomic E-state index is 13.2. The Morgan fingerprint density at radius 1 is 1.13 bits per heavy atom. The first-order chi connectivity index (χ1) is 15.2. The third-order valence-corrected chi connectivity index (χ3v) is 6.03. The van der Waals surface area contributed by atoms with Crippen LogP contribution in [0, 0.1) is 6.92 Å². The zero-order valence-corrected chi connectivity index (χ0v) is 17.6. The number of aryl methyl sites for hydroxylation is 1. The topological polar surface area (TPSA) is 72.6 Å². The number of aromatic nitrogens is 4. The molecule has 0 aliphatic heterocycles. The van der Waals surface area contributed by atoms with E-state index in [2.05, 4.69) is 40.6 Å². The van der Waals surface area contributed by atoms with Gasteiger partial charge in [0.15, 0.2) is 12.3 Å². The molecule has 1 amide bonds. The lowest BCUT2D eigenvalue weighted by Crippen LogP contribution is -2.41. The fourth-order valence-corrected chi connectivity index (χ4v) is 4.47. The van der Waals surface area contributed by atoms with Gasteiger partial charge in [-0.1, -0.05) is 42.7 Å². The maximum Gasteiger partial charge on any atom is 0.261 e. The van der Waals surface area contributed by atoms with Gasteiger partial charge in [-0.2, -0.15) is 4.52 Å². The van der Waals surface area contributed by atoms with Crippen LogP contribution in [0.15, 0.2) is 54.6 Å². The van der Waals surface area contributed by atoms with Gasteiger partial charge in [0.1, 0.15) is 5.75 Å². The molecule has 2 heterocycles. The van der Waals surface area contributed by atoms with E-state index in [0.717, 1.165) is 42.1 Å². The lowest BCUT2D eigenvalue weighted by molar-refractivity contribution is -0.136. The van der Waals surface area contributed by atoms with Gasteiger partial charge in [0.05, 0.1) is 5.52 Å². The fourth-order valence-electron chi connectivity index (χ4n) is 4.47. The van der Waals surface area contributed by atoms with E-state index in [1.54, 1.807) is 4.52 Å². The Balaban J connectivity index is 1.46. The van der Waals surface area contributed by atoms with Crippen molar-refractivity contribution < 1.29 is 9.53 Å². The zero-order valence-electron chi connectivity index (χ0n) is 17.6. The number of hydrogen-bond donors (Lipinski definition) is 0. The van der Waals surface area contributed by atoms with E-state index in [4.69, 9.17) is 4.74 Å². The van der Waals surface area contributed by atoms with Crippen molar-refractivity contribution in [1.82, 2.24) is 24.9 Å². The molecule has 1 aliphatic carbocycles. The Kier molecular flexibility index (Phi) is 5.24. The van der Waals surface area contributed by atoms with Gasteiger partial charge in [0, 0.05) is 23.5 Å². The van der Waals surface area contributed by atoms with Crippen LogP contribution in [0.25, 0.3) is 16.6 Å². The number of tetrazole rings is 1. The second-order valence-electron chi connectivity index (χ2n) is 8.21. The highest BCUT2D eigenvalue weighted by Gasteiger charge is 2.28. The Morgan fingerprint density at radius 3 is 2.74 bits per heavy atom. The number of carbonyl (C=O) groups excluding carboxylic acids is 1. The molecule has 0 unspecified atom stereocenters. The molecular formula is C24H25N5O2. The molecule has 0 radical (unpaired) electrons. The van der Waals surface area contributed by atoms with Crippen molar-refractivity contribution in [1.29, 1.82) is 0 Å². The Morgan fingerprint density at radius 2 is 1.94 bits per heavy atom. The standard InChI is InChI=1S/C24H25N5O2/c1-17-11-12-22-18(13-17)14-19(24-25-26-27-29(22)24)15-28(20-7-5-6-8-20)23(30)16-31-21-9-3-2-4-10-21/h2-4,9-14,20H,5-8,15-16H2,1H3. The summed E-state index contributed by atoms with van der Waals surface area (Å²) in [6, 6.07) is 18.0. The minimum absolute atomic E-state index is 0.00860. The lowest BCUT2D eigenvalue weighted by Gasteiger charge is -2.29. The second kappa shape index (κ2) is 8.34. The first-order valence-corrected chi connectivity index (χ1v) is 10.8. The van der Waals surface area contributed by atoms with E-state index >= 15 is 0 Å². The molecule has 5 rings (SSSR count). The molecule has 1 aliphatic rings. The van der Waals surface area contributed by atoms with Crippen molar-refractivity contribution in [3.63, 3.8) is 0 Å². The van der Waals surface area contributed by atoms with Gasteiger partial charge in [-0.05, 0) is 60.5 Å². The van der Waals surface area contributed by atoms with Crippen LogP contribution < -0.4 is 4.74 Å². The van der Waals surface area contributed by atoms with Crippen molar-refractivity contribution >= 4 is 22.5 Å². The largest absolute Gasteiger partial charge is 0.484 e. The molecule has 7 nitrogen and oxygen atoms in total. The quantitative estimate of drug-likeness (QED) is 0.477. The molecule has 0 saturated heterocycles. The Labute approximate surface area is 180 Å². The Bertz CT molecular complexity index is 1210. The smallest absolute Gasteiger partial charge is 0.261 e. The van der Waals surface area contributed by atoms with E-state index < -0.39 is 0 Å². The summed E-state index contributed by atoms with van der Waals surface area (Å²) in [6.45, 7) is 2.56. The van der Waals surface area contributed by atoms with Crippen LogP contribution in [-0.4, -0.2) is 43.5 Å². The first kappa shape index (κ1) is 19.5. The molecule has 0 bridgehead atoms. The Hall–Kier alpha value is -3.48. The highest BCUT2D eigenvalue weighted by atomic mass is 16.5. The number of pyridine rings is 1. The molecular weight excluding hydrogens is 390 g/mol. The number of benzene rings is 2. The van der Waals surface area contributed by atoms with E-state index in [1.807, 2.05) is 41.3 Å². The fraction of sp³-hybridized carbons (Fsp3) is 0.333. The van der Waals surface area contributed by atoms with E-state index in [1.165, 1.54) is 5.56 Å². The van der Waals surface area contributed by atoms with Crippen LogP contribution in [0.5, 0.6) is 5.75 Å². The van der Waals surface area contributed by atoms with E-state index in [-0.39, 0.29) is 18.6 Å². The van der Waals surface area contributed by atoms with Crippen molar-refractivity contribution in [2.75, 3.05) is 6.61 Å². The van der Waals surface area contributed by atoms with Gasteiger partial charge < -0.3 is 9.64 Å². The molecule has 7 heteroatoms. The highest BCUT2D eigenvalue weighted by Crippen LogP contribution is 2.28. The van der Waals surface area contributed by atoms with Crippen molar-refractivity contribution in [2.45, 2.75) is 45.2 Å². The lowest BCUT2D eigenvalue weighted by atomic mass is 10.1. The molecule has 158 valence electrons. The summed E-state index contributed by atoms with van der Waals surface area (Å²) < 4.78 is 7.53. The molecule has 0 spiro atoms. The average molecular weight is 415 g/mol. The molecule has 4 aromatic rings. The predicted molar refractivity (Wildman–Crippen MR) is 118 cm³/mol. The van der Waals surface area contributed by atoms with Crippen molar-refractivity contribution in [3.05, 3.63) is 65.7 Å². The highest BCUT2D eigenvalue weighted by molar-refractivity contribution is 5.84. The monoisotopic (exact) mass is 415 g/mol. The number of amides is 1. The average Bonchev–Trinajstić information content (AvgIpc) is 3.49. The van der Waals surface area contributed by atoms with Crippen LogP contribution in [0.2, 0.25) is 0 Å². The predicted octanol–water partition coefficient (Wildman–Crippen LogP) is 3.94. The number of hydrogen-bond acceptors (Lipinski definition) is 5. The zero-order chi connectivity index (χ0) is 21.2. The van der Waals surface area contributed by atoms with Crippen molar-refractivity contribution in [3.8, 4) is 5.75 Å². The SMILES string of the molecule is Cc1ccc2c(c1)cc(CN(C(=O)COc1ccccc1)C1CCCC1)c1nnnn12. The number of ether oxygens (including phenoxy) is 1. The van der Waals surface area contributed by atoms with Gasteiger partial charge in [-0.15, -0.1) is 5.10 Å². The van der Waals surface area contributed by atoms with Gasteiger partial charge >= 0.3 is 0 Å². The van der Waals surface area contributed by atoms with Crippen LogP contribution >= 0.6 is 0 Å². The number of fused-ring (bicyclic) bond motifs is 3. The third kappa shape index (κ3) is 3.95. The number of nitrogens with zero attached hydrogens (tertiary/aromatic N) is 5. The van der Waals surface area contributed by atoms with Crippen LogP contribution in [-0.2, 0) is 11.3 Å². The summed E-state index contributed by atoms with van der Waals surface area (Å²) in [5.74, 6) is 0.693. The van der Waals surface area contributed by atoms with Gasteiger partial charge in [-0.25, -0.2) is 0 Å². The van der Waals surface area contributed by atoms with Gasteiger partial charge in [0.2, 0.25) is 0 Å². The first-order valence-electron chi connectivity index (χ1n) is 10.8.